The normalized spacial score (nSPS) is 14.0. The maximum Gasteiger partial charge on any atom is 0.292 e. The van der Waals surface area contributed by atoms with Crippen LogP contribution in [0.3, 0.4) is 0 Å². The lowest BCUT2D eigenvalue weighted by Gasteiger charge is -2.16. The lowest BCUT2D eigenvalue weighted by Crippen LogP contribution is -2.23. The minimum absolute atomic E-state index is 0.122. The summed E-state index contributed by atoms with van der Waals surface area (Å²) in [5.41, 5.74) is 1.69. The summed E-state index contributed by atoms with van der Waals surface area (Å²) in [6.07, 6.45) is 1.44. The van der Waals surface area contributed by atoms with Crippen molar-refractivity contribution in [1.82, 2.24) is 0 Å². The number of carbonyl (C=O) groups is 1. The van der Waals surface area contributed by atoms with E-state index in [1.54, 1.807) is 4.90 Å². The standard InChI is InChI=1S/C17H16FN3O3/c18-13-5-8-16(21(23)24)15(10-13)19-11-12-3-6-14(7-4-12)20-9-1-2-17(20)22/h3-8,10,19H,1-2,9,11H2. The van der Waals surface area contributed by atoms with Gasteiger partial charge in [0.2, 0.25) is 5.91 Å². The number of hydrogen-bond acceptors (Lipinski definition) is 4. The molecule has 1 N–H and O–H groups in total. The first kappa shape index (κ1) is 15.9. The number of anilines is 2. The van der Waals surface area contributed by atoms with Gasteiger partial charge in [0.25, 0.3) is 5.69 Å². The van der Waals surface area contributed by atoms with Gasteiger partial charge in [-0.15, -0.1) is 0 Å². The van der Waals surface area contributed by atoms with Crippen LogP contribution < -0.4 is 10.2 Å². The lowest BCUT2D eigenvalue weighted by atomic mass is 10.2. The van der Waals surface area contributed by atoms with Gasteiger partial charge in [-0.3, -0.25) is 14.9 Å². The Morgan fingerprint density at radius 1 is 1.21 bits per heavy atom. The molecular formula is C17H16FN3O3. The number of nitro groups is 1. The highest BCUT2D eigenvalue weighted by molar-refractivity contribution is 5.95. The zero-order valence-electron chi connectivity index (χ0n) is 12.9. The van der Waals surface area contributed by atoms with Crippen molar-refractivity contribution in [2.75, 3.05) is 16.8 Å². The van der Waals surface area contributed by atoms with Crippen LogP contribution in [0.4, 0.5) is 21.5 Å². The van der Waals surface area contributed by atoms with Crippen molar-refractivity contribution in [3.8, 4) is 0 Å². The predicted molar refractivity (Wildman–Crippen MR) is 88.4 cm³/mol. The molecule has 6 nitrogen and oxygen atoms in total. The van der Waals surface area contributed by atoms with Gasteiger partial charge in [0.15, 0.2) is 0 Å². The quantitative estimate of drug-likeness (QED) is 0.673. The Labute approximate surface area is 138 Å². The summed E-state index contributed by atoms with van der Waals surface area (Å²) < 4.78 is 13.3. The van der Waals surface area contributed by atoms with Crippen LogP contribution in [0, 0.1) is 15.9 Å². The first-order valence-corrected chi connectivity index (χ1v) is 7.62. The minimum atomic E-state index is -0.552. The molecule has 1 aliphatic rings. The molecule has 1 fully saturated rings. The number of rotatable bonds is 5. The van der Waals surface area contributed by atoms with Crippen molar-refractivity contribution in [3.63, 3.8) is 0 Å². The van der Waals surface area contributed by atoms with Crippen LogP contribution in [0.15, 0.2) is 42.5 Å². The van der Waals surface area contributed by atoms with Gasteiger partial charge in [-0.1, -0.05) is 12.1 Å². The van der Waals surface area contributed by atoms with Gasteiger partial charge in [-0.05, 0) is 30.2 Å². The van der Waals surface area contributed by atoms with Crippen molar-refractivity contribution in [2.45, 2.75) is 19.4 Å². The first-order valence-electron chi connectivity index (χ1n) is 7.62. The third-order valence-electron chi connectivity index (χ3n) is 3.96. The summed E-state index contributed by atoms with van der Waals surface area (Å²) >= 11 is 0. The number of nitrogens with zero attached hydrogens (tertiary/aromatic N) is 2. The Balaban J connectivity index is 1.70. The molecule has 124 valence electrons. The molecule has 1 saturated heterocycles. The highest BCUT2D eigenvalue weighted by Crippen LogP contribution is 2.26. The highest BCUT2D eigenvalue weighted by Gasteiger charge is 2.21. The van der Waals surface area contributed by atoms with E-state index in [-0.39, 0.29) is 17.3 Å². The summed E-state index contributed by atoms with van der Waals surface area (Å²) in [6.45, 7) is 1.05. The maximum absolute atomic E-state index is 13.3. The zero-order valence-corrected chi connectivity index (χ0v) is 12.9. The highest BCUT2D eigenvalue weighted by atomic mass is 19.1. The van der Waals surface area contributed by atoms with Gasteiger partial charge < -0.3 is 10.2 Å². The number of benzene rings is 2. The fourth-order valence-corrected chi connectivity index (χ4v) is 2.72. The average molecular weight is 329 g/mol. The van der Waals surface area contributed by atoms with E-state index < -0.39 is 10.7 Å². The van der Waals surface area contributed by atoms with Gasteiger partial charge in [-0.25, -0.2) is 4.39 Å². The summed E-state index contributed by atoms with van der Waals surface area (Å²) in [7, 11) is 0. The van der Waals surface area contributed by atoms with Gasteiger partial charge in [-0.2, -0.15) is 0 Å². The monoisotopic (exact) mass is 329 g/mol. The summed E-state index contributed by atoms with van der Waals surface area (Å²) in [6, 6.07) is 10.7. The van der Waals surface area contributed by atoms with Gasteiger partial charge in [0.05, 0.1) is 4.92 Å². The smallest absolute Gasteiger partial charge is 0.292 e. The number of amides is 1. The molecule has 1 heterocycles. The molecule has 0 unspecified atom stereocenters. The van der Waals surface area contributed by atoms with E-state index in [2.05, 4.69) is 5.32 Å². The number of nitrogens with one attached hydrogen (secondary N) is 1. The number of carbonyl (C=O) groups excluding carboxylic acids is 1. The molecule has 0 saturated carbocycles. The van der Waals surface area contributed by atoms with Crippen molar-refractivity contribution in [2.24, 2.45) is 0 Å². The molecule has 1 aliphatic heterocycles. The van der Waals surface area contributed by atoms with E-state index in [1.165, 1.54) is 0 Å². The van der Waals surface area contributed by atoms with Crippen molar-refractivity contribution >= 4 is 23.0 Å². The largest absolute Gasteiger partial charge is 0.375 e. The van der Waals surface area contributed by atoms with E-state index >= 15 is 0 Å². The van der Waals surface area contributed by atoms with Crippen LogP contribution in [-0.2, 0) is 11.3 Å². The zero-order chi connectivity index (χ0) is 17.1. The number of nitro benzene ring substituents is 1. The Kier molecular flexibility index (Phi) is 4.41. The molecule has 3 rings (SSSR count). The number of halogens is 1. The van der Waals surface area contributed by atoms with Gasteiger partial charge >= 0.3 is 0 Å². The molecule has 2 aromatic carbocycles. The molecule has 0 radical (unpaired) electrons. The van der Waals surface area contributed by atoms with E-state index in [1.807, 2.05) is 24.3 Å². The number of hydrogen-bond donors (Lipinski definition) is 1. The fourth-order valence-electron chi connectivity index (χ4n) is 2.72. The lowest BCUT2D eigenvalue weighted by molar-refractivity contribution is -0.384. The van der Waals surface area contributed by atoms with Crippen molar-refractivity contribution in [3.05, 3.63) is 64.0 Å². The van der Waals surface area contributed by atoms with Crippen LogP contribution in [0.1, 0.15) is 18.4 Å². The third kappa shape index (κ3) is 3.34. The second kappa shape index (κ2) is 6.66. The van der Waals surface area contributed by atoms with E-state index in [0.717, 1.165) is 42.4 Å². The van der Waals surface area contributed by atoms with Crippen LogP contribution in [0.5, 0.6) is 0 Å². The molecule has 0 aromatic heterocycles. The average Bonchev–Trinajstić information content (AvgIpc) is 2.99. The molecule has 1 amide bonds. The second-order valence-corrected chi connectivity index (χ2v) is 5.59. The van der Waals surface area contributed by atoms with Gasteiger partial charge in [0, 0.05) is 37.3 Å². The molecule has 0 spiro atoms. The predicted octanol–water partition coefficient (Wildman–Crippen LogP) is 3.47. The maximum atomic E-state index is 13.3. The Morgan fingerprint density at radius 2 is 1.96 bits per heavy atom. The van der Waals surface area contributed by atoms with Crippen LogP contribution in [-0.4, -0.2) is 17.4 Å². The summed E-state index contributed by atoms with van der Waals surface area (Å²) in [5, 5.41) is 13.9. The molecule has 0 bridgehead atoms. The SMILES string of the molecule is O=C1CCCN1c1ccc(CNc2cc(F)ccc2[N+](=O)[O-])cc1. The Bertz CT molecular complexity index is 777. The van der Waals surface area contributed by atoms with E-state index in [4.69, 9.17) is 0 Å². The van der Waals surface area contributed by atoms with Crippen LogP contribution in [0.2, 0.25) is 0 Å². The van der Waals surface area contributed by atoms with E-state index in [9.17, 15) is 19.3 Å². The molecule has 0 aliphatic carbocycles. The van der Waals surface area contributed by atoms with Crippen molar-refractivity contribution in [1.29, 1.82) is 0 Å². The van der Waals surface area contributed by atoms with Crippen molar-refractivity contribution < 1.29 is 14.1 Å². The first-order chi connectivity index (χ1) is 11.5. The van der Waals surface area contributed by atoms with Crippen LogP contribution in [0.25, 0.3) is 0 Å². The molecule has 2 aromatic rings. The minimum Gasteiger partial charge on any atom is -0.375 e. The van der Waals surface area contributed by atoms with Gasteiger partial charge in [0.1, 0.15) is 11.5 Å². The molecule has 24 heavy (non-hydrogen) atoms. The van der Waals surface area contributed by atoms with Crippen LogP contribution >= 0.6 is 0 Å². The fraction of sp³-hybridized carbons (Fsp3) is 0.235. The third-order valence-corrected chi connectivity index (χ3v) is 3.96. The Morgan fingerprint density at radius 3 is 2.58 bits per heavy atom. The Hall–Kier alpha value is -2.96. The topological polar surface area (TPSA) is 75.5 Å². The summed E-state index contributed by atoms with van der Waals surface area (Å²) in [4.78, 5) is 23.9. The molecular weight excluding hydrogens is 313 g/mol. The molecule has 7 heteroatoms. The molecule has 0 atom stereocenters. The second-order valence-electron chi connectivity index (χ2n) is 5.59. The van der Waals surface area contributed by atoms with E-state index in [0.29, 0.717) is 13.0 Å². The summed E-state index contributed by atoms with van der Waals surface area (Å²) in [5.74, 6) is -0.415.